The van der Waals surface area contributed by atoms with Gasteiger partial charge in [0.25, 0.3) is 0 Å². The second-order valence-corrected chi connectivity index (χ2v) is 7.71. The third-order valence-electron chi connectivity index (χ3n) is 3.67. The van der Waals surface area contributed by atoms with Crippen LogP contribution in [0.5, 0.6) is 11.5 Å². The van der Waals surface area contributed by atoms with Gasteiger partial charge in [-0.3, -0.25) is 4.79 Å². The Labute approximate surface area is 164 Å². The molecule has 27 heavy (non-hydrogen) atoms. The van der Waals surface area contributed by atoms with Crippen molar-refractivity contribution in [1.82, 2.24) is 19.7 Å². The molecule has 8 nitrogen and oxygen atoms in total. The molecular formula is C17H19N5O3S2. The van der Waals surface area contributed by atoms with E-state index >= 15 is 0 Å². The highest BCUT2D eigenvalue weighted by Gasteiger charge is 2.19. The number of aromatic nitrogens is 4. The number of hydrogen-bond acceptors (Lipinski definition) is 8. The summed E-state index contributed by atoms with van der Waals surface area (Å²) in [6, 6.07) is 7.32. The smallest absolute Gasteiger partial charge is 0.239 e. The predicted molar refractivity (Wildman–Crippen MR) is 104 cm³/mol. The van der Waals surface area contributed by atoms with E-state index in [2.05, 4.69) is 20.5 Å². The molecule has 0 saturated carbocycles. The summed E-state index contributed by atoms with van der Waals surface area (Å²) < 4.78 is 12.7. The quantitative estimate of drug-likeness (QED) is 0.576. The fourth-order valence-corrected chi connectivity index (χ4v) is 3.46. The van der Waals surface area contributed by atoms with Crippen LogP contribution in [-0.4, -0.2) is 38.0 Å². The van der Waals surface area contributed by atoms with Crippen molar-refractivity contribution in [3.63, 3.8) is 0 Å². The number of hydrogen-bond donors (Lipinski definition) is 1. The van der Waals surface area contributed by atoms with Crippen molar-refractivity contribution >= 4 is 34.1 Å². The molecule has 0 aliphatic rings. The van der Waals surface area contributed by atoms with Gasteiger partial charge in [-0.2, -0.15) is 0 Å². The number of rotatable bonds is 8. The molecule has 0 spiro atoms. The molecule has 0 bridgehead atoms. The average molecular weight is 406 g/mol. The first-order valence-corrected chi connectivity index (χ1v) is 9.85. The summed E-state index contributed by atoms with van der Waals surface area (Å²) in [7, 11) is 3.47. The van der Waals surface area contributed by atoms with Crippen molar-refractivity contribution in [3.05, 3.63) is 41.7 Å². The van der Waals surface area contributed by atoms with Crippen LogP contribution in [0.25, 0.3) is 0 Å². The number of thioether (sulfide) groups is 1. The second-order valence-electron chi connectivity index (χ2n) is 5.51. The Morgan fingerprint density at radius 3 is 2.70 bits per heavy atom. The van der Waals surface area contributed by atoms with E-state index in [4.69, 9.17) is 9.47 Å². The Balaban J connectivity index is 1.56. The van der Waals surface area contributed by atoms with Crippen LogP contribution >= 0.6 is 23.1 Å². The number of amides is 1. The van der Waals surface area contributed by atoms with Gasteiger partial charge in [0.1, 0.15) is 18.1 Å². The number of benzene rings is 1. The van der Waals surface area contributed by atoms with Crippen molar-refractivity contribution in [1.29, 1.82) is 0 Å². The number of nitrogens with one attached hydrogen (secondary N) is 1. The van der Waals surface area contributed by atoms with Gasteiger partial charge in [-0.25, -0.2) is 4.98 Å². The number of ether oxygens (including phenoxy) is 2. The zero-order chi connectivity index (χ0) is 19.2. The SMILES string of the molecule is COc1ccc(OCc2nnc(S[C@@H](C)C(=O)Nc3nccs3)n2C)cc1. The lowest BCUT2D eigenvalue weighted by molar-refractivity contribution is -0.115. The molecule has 0 aliphatic heterocycles. The Bertz CT molecular complexity index is 881. The molecule has 1 amide bonds. The van der Waals surface area contributed by atoms with Crippen LogP contribution in [0.15, 0.2) is 41.0 Å². The lowest BCUT2D eigenvalue weighted by Crippen LogP contribution is -2.22. The van der Waals surface area contributed by atoms with E-state index in [1.807, 2.05) is 48.2 Å². The zero-order valence-corrected chi connectivity index (χ0v) is 16.7. The maximum Gasteiger partial charge on any atom is 0.239 e. The molecular weight excluding hydrogens is 386 g/mol. The van der Waals surface area contributed by atoms with E-state index in [0.29, 0.717) is 21.9 Å². The van der Waals surface area contributed by atoms with Crippen LogP contribution in [0.4, 0.5) is 5.13 Å². The van der Waals surface area contributed by atoms with E-state index in [-0.39, 0.29) is 17.8 Å². The fourth-order valence-electron chi connectivity index (χ4n) is 2.10. The van der Waals surface area contributed by atoms with Crippen molar-refractivity contribution in [2.75, 3.05) is 12.4 Å². The normalized spacial score (nSPS) is 11.8. The van der Waals surface area contributed by atoms with Gasteiger partial charge in [0.05, 0.1) is 12.4 Å². The van der Waals surface area contributed by atoms with Crippen LogP contribution in [0.1, 0.15) is 12.7 Å². The molecule has 0 radical (unpaired) electrons. The highest BCUT2D eigenvalue weighted by atomic mass is 32.2. The molecule has 1 N–H and O–H groups in total. The van der Waals surface area contributed by atoms with E-state index in [0.717, 1.165) is 5.75 Å². The molecule has 3 rings (SSSR count). The number of thiazole rings is 1. The summed E-state index contributed by atoms with van der Waals surface area (Å²) in [5, 5.41) is 13.8. The zero-order valence-electron chi connectivity index (χ0n) is 15.1. The molecule has 0 fully saturated rings. The lowest BCUT2D eigenvalue weighted by Gasteiger charge is -2.10. The van der Waals surface area contributed by atoms with Crippen LogP contribution in [0.2, 0.25) is 0 Å². The first-order valence-electron chi connectivity index (χ1n) is 8.09. The first kappa shape index (κ1) is 19.2. The number of anilines is 1. The summed E-state index contributed by atoms with van der Waals surface area (Å²) >= 11 is 2.71. The third kappa shape index (κ3) is 4.98. The van der Waals surface area contributed by atoms with Crippen molar-refractivity contribution in [2.24, 2.45) is 7.05 Å². The Morgan fingerprint density at radius 1 is 1.30 bits per heavy atom. The Hall–Kier alpha value is -2.59. The molecule has 10 heteroatoms. The summed E-state index contributed by atoms with van der Waals surface area (Å²) in [5.74, 6) is 2.02. The molecule has 0 saturated heterocycles. The van der Waals surface area contributed by atoms with E-state index in [1.165, 1.54) is 23.1 Å². The standard InChI is InChI=1S/C17H19N5O3S2/c1-11(15(23)19-16-18-8-9-26-16)27-17-21-20-14(22(17)2)10-25-13-6-4-12(24-3)5-7-13/h4-9,11H,10H2,1-3H3,(H,18,19,23)/t11-/m0/s1. The van der Waals surface area contributed by atoms with Gasteiger partial charge in [0.15, 0.2) is 16.1 Å². The highest BCUT2D eigenvalue weighted by Crippen LogP contribution is 2.24. The molecule has 1 atom stereocenters. The maximum absolute atomic E-state index is 12.2. The summed E-state index contributed by atoms with van der Waals surface area (Å²) in [6.07, 6.45) is 1.65. The van der Waals surface area contributed by atoms with Crippen LogP contribution < -0.4 is 14.8 Å². The highest BCUT2D eigenvalue weighted by molar-refractivity contribution is 8.00. The van der Waals surface area contributed by atoms with Crippen molar-refractivity contribution in [2.45, 2.75) is 23.9 Å². The minimum Gasteiger partial charge on any atom is -0.497 e. The number of nitrogens with zero attached hydrogens (tertiary/aromatic N) is 4. The summed E-state index contributed by atoms with van der Waals surface area (Å²) in [4.78, 5) is 16.3. The van der Waals surface area contributed by atoms with Crippen molar-refractivity contribution < 1.29 is 14.3 Å². The van der Waals surface area contributed by atoms with Crippen LogP contribution in [-0.2, 0) is 18.4 Å². The molecule has 2 aromatic heterocycles. The maximum atomic E-state index is 12.2. The number of carbonyl (C=O) groups excluding carboxylic acids is 1. The minimum absolute atomic E-state index is 0.131. The average Bonchev–Trinajstić information content (AvgIpc) is 3.31. The summed E-state index contributed by atoms with van der Waals surface area (Å²) in [5.41, 5.74) is 0. The van der Waals surface area contributed by atoms with Gasteiger partial charge < -0.3 is 19.4 Å². The number of carbonyl (C=O) groups is 1. The predicted octanol–water partition coefficient (Wildman–Crippen LogP) is 2.98. The largest absolute Gasteiger partial charge is 0.497 e. The van der Waals surface area contributed by atoms with Gasteiger partial charge in [0.2, 0.25) is 5.91 Å². The summed E-state index contributed by atoms with van der Waals surface area (Å²) in [6.45, 7) is 2.09. The molecule has 3 aromatic rings. The van der Waals surface area contributed by atoms with Gasteiger partial charge in [-0.1, -0.05) is 11.8 Å². The van der Waals surface area contributed by atoms with Gasteiger partial charge in [-0.15, -0.1) is 21.5 Å². The van der Waals surface area contributed by atoms with Crippen LogP contribution in [0.3, 0.4) is 0 Å². The topological polar surface area (TPSA) is 91.2 Å². The number of methoxy groups -OCH3 is 1. The first-order chi connectivity index (χ1) is 13.1. The van der Waals surface area contributed by atoms with E-state index in [1.54, 1.807) is 13.3 Å². The molecule has 1 aromatic carbocycles. The fraction of sp³-hybridized carbons (Fsp3) is 0.294. The monoisotopic (exact) mass is 405 g/mol. The van der Waals surface area contributed by atoms with Gasteiger partial charge in [0, 0.05) is 18.6 Å². The van der Waals surface area contributed by atoms with E-state index < -0.39 is 0 Å². The van der Waals surface area contributed by atoms with Gasteiger partial charge in [-0.05, 0) is 31.2 Å². The Morgan fingerprint density at radius 2 is 2.04 bits per heavy atom. The minimum atomic E-state index is -0.341. The second kappa shape index (κ2) is 8.87. The molecule has 0 unspecified atom stereocenters. The van der Waals surface area contributed by atoms with Gasteiger partial charge >= 0.3 is 0 Å². The Kier molecular flexibility index (Phi) is 6.30. The van der Waals surface area contributed by atoms with Crippen LogP contribution in [0, 0.1) is 0 Å². The molecule has 142 valence electrons. The van der Waals surface area contributed by atoms with E-state index in [9.17, 15) is 4.79 Å². The van der Waals surface area contributed by atoms with Crippen molar-refractivity contribution in [3.8, 4) is 11.5 Å². The molecule has 2 heterocycles. The molecule has 0 aliphatic carbocycles. The lowest BCUT2D eigenvalue weighted by atomic mass is 10.3. The third-order valence-corrected chi connectivity index (χ3v) is 5.49.